The van der Waals surface area contributed by atoms with Crippen LogP contribution in [0, 0.1) is 0 Å². The molecule has 6 heteroatoms. The lowest BCUT2D eigenvalue weighted by Crippen LogP contribution is -2.25. The van der Waals surface area contributed by atoms with Gasteiger partial charge in [-0.25, -0.2) is 0 Å². The number of carbonyl (C=O) groups excluding carboxylic acids is 2. The van der Waals surface area contributed by atoms with Gasteiger partial charge in [0.2, 0.25) is 0 Å². The first kappa shape index (κ1) is 21.6. The van der Waals surface area contributed by atoms with Crippen LogP contribution < -0.4 is 10.2 Å². The van der Waals surface area contributed by atoms with E-state index in [-0.39, 0.29) is 11.8 Å². The average molecular weight is 461 g/mol. The maximum atomic E-state index is 13.3. The molecule has 0 fully saturated rings. The molecule has 1 N–H and O–H groups in total. The van der Waals surface area contributed by atoms with E-state index in [2.05, 4.69) is 5.32 Å². The van der Waals surface area contributed by atoms with Crippen LogP contribution in [0.3, 0.4) is 0 Å². The second-order valence-electron chi connectivity index (χ2n) is 6.99. The van der Waals surface area contributed by atoms with E-state index < -0.39 is 0 Å². The summed E-state index contributed by atoms with van der Waals surface area (Å²) in [5, 5.41) is 3.98. The Morgan fingerprint density at radius 3 is 1.66 bits per heavy atom. The molecule has 0 heterocycles. The molecular formula is C26H18Cl2N2O2. The monoisotopic (exact) mass is 460 g/mol. The quantitative estimate of drug-likeness (QED) is 0.341. The first-order valence-corrected chi connectivity index (χ1v) is 10.6. The van der Waals surface area contributed by atoms with Crippen molar-refractivity contribution in [2.24, 2.45) is 0 Å². The molecule has 0 aliphatic carbocycles. The van der Waals surface area contributed by atoms with Gasteiger partial charge in [0, 0.05) is 38.2 Å². The maximum Gasteiger partial charge on any atom is 0.262 e. The number of anilines is 3. The smallest absolute Gasteiger partial charge is 0.262 e. The molecule has 0 aliphatic rings. The molecule has 0 saturated carbocycles. The van der Waals surface area contributed by atoms with Crippen molar-refractivity contribution in [1.82, 2.24) is 0 Å². The van der Waals surface area contributed by atoms with Gasteiger partial charge >= 0.3 is 0 Å². The van der Waals surface area contributed by atoms with Crippen molar-refractivity contribution in [3.8, 4) is 0 Å². The average Bonchev–Trinajstić information content (AvgIpc) is 2.82. The number of carbonyl (C=O) groups is 2. The van der Waals surface area contributed by atoms with E-state index >= 15 is 0 Å². The summed E-state index contributed by atoms with van der Waals surface area (Å²) in [7, 11) is 0. The van der Waals surface area contributed by atoms with E-state index in [1.54, 1.807) is 77.7 Å². The Kier molecular flexibility index (Phi) is 6.55. The second-order valence-corrected chi connectivity index (χ2v) is 7.86. The van der Waals surface area contributed by atoms with E-state index in [4.69, 9.17) is 23.2 Å². The normalized spacial score (nSPS) is 10.4. The minimum absolute atomic E-state index is 0.189. The highest BCUT2D eigenvalue weighted by Gasteiger charge is 2.20. The molecule has 0 aliphatic heterocycles. The lowest BCUT2D eigenvalue weighted by Gasteiger charge is -2.23. The number of halogens is 2. The Bertz CT molecular complexity index is 1220. The van der Waals surface area contributed by atoms with Crippen LogP contribution >= 0.6 is 23.2 Å². The van der Waals surface area contributed by atoms with Crippen LogP contribution in [0.25, 0.3) is 0 Å². The van der Waals surface area contributed by atoms with Crippen molar-refractivity contribution in [3.05, 3.63) is 124 Å². The fourth-order valence-corrected chi connectivity index (χ4v) is 3.43. The molecule has 0 bridgehead atoms. The summed E-state index contributed by atoms with van der Waals surface area (Å²) < 4.78 is 0. The summed E-state index contributed by atoms with van der Waals surface area (Å²) in [5.74, 6) is -0.433. The van der Waals surface area contributed by atoms with Crippen LogP contribution in [-0.2, 0) is 0 Å². The van der Waals surface area contributed by atoms with E-state index in [9.17, 15) is 9.59 Å². The molecule has 0 unspecified atom stereocenters. The summed E-state index contributed by atoms with van der Waals surface area (Å²) in [4.78, 5) is 27.4. The van der Waals surface area contributed by atoms with Gasteiger partial charge in [-0.2, -0.15) is 0 Å². The summed E-state index contributed by atoms with van der Waals surface area (Å²) >= 11 is 11.9. The predicted octanol–water partition coefficient (Wildman–Crippen LogP) is 7.22. The fraction of sp³-hybridized carbons (Fsp3) is 0. The Morgan fingerprint density at radius 2 is 1.09 bits per heavy atom. The fourth-order valence-electron chi connectivity index (χ4n) is 3.18. The summed E-state index contributed by atoms with van der Waals surface area (Å²) in [6, 6.07) is 29.9. The number of para-hydroxylation sites is 1. The number of nitrogens with one attached hydrogen (secondary N) is 1. The third kappa shape index (κ3) is 4.99. The zero-order valence-corrected chi connectivity index (χ0v) is 18.3. The molecule has 2 amide bonds. The van der Waals surface area contributed by atoms with Gasteiger partial charge in [0.25, 0.3) is 11.8 Å². The lowest BCUT2D eigenvalue weighted by atomic mass is 10.1. The third-order valence-corrected chi connectivity index (χ3v) is 5.30. The zero-order valence-electron chi connectivity index (χ0n) is 16.8. The standard InChI is InChI=1S/C26H18Cl2N2O2/c27-20-10-6-18(7-11-20)25(31)29-22-14-16-24(17-15-22)30(23-4-2-1-3-5-23)26(32)19-8-12-21(28)13-9-19/h1-17H,(H,29,31). The van der Waals surface area contributed by atoms with Gasteiger partial charge in [0.05, 0.1) is 0 Å². The first-order valence-electron chi connectivity index (χ1n) is 9.83. The van der Waals surface area contributed by atoms with Crippen molar-refractivity contribution in [2.75, 3.05) is 10.2 Å². The molecule has 0 saturated heterocycles. The number of rotatable bonds is 5. The number of hydrogen-bond acceptors (Lipinski definition) is 2. The molecule has 4 rings (SSSR count). The van der Waals surface area contributed by atoms with Crippen LogP contribution in [0.2, 0.25) is 10.0 Å². The van der Waals surface area contributed by atoms with Crippen LogP contribution in [-0.4, -0.2) is 11.8 Å². The largest absolute Gasteiger partial charge is 0.322 e. The molecular weight excluding hydrogens is 443 g/mol. The highest BCUT2D eigenvalue weighted by atomic mass is 35.5. The van der Waals surface area contributed by atoms with Crippen LogP contribution in [0.4, 0.5) is 17.1 Å². The lowest BCUT2D eigenvalue weighted by molar-refractivity contribution is 0.0996. The molecule has 0 radical (unpaired) electrons. The van der Waals surface area contributed by atoms with E-state index in [1.807, 2.05) is 30.3 Å². The van der Waals surface area contributed by atoms with Crippen LogP contribution in [0.15, 0.2) is 103 Å². The van der Waals surface area contributed by atoms with Gasteiger partial charge in [0.1, 0.15) is 0 Å². The number of benzene rings is 4. The number of hydrogen-bond donors (Lipinski definition) is 1. The van der Waals surface area contributed by atoms with Gasteiger partial charge in [-0.15, -0.1) is 0 Å². The van der Waals surface area contributed by atoms with E-state index in [0.717, 1.165) is 5.69 Å². The number of amides is 2. The summed E-state index contributed by atoms with van der Waals surface area (Å²) in [6.45, 7) is 0. The minimum Gasteiger partial charge on any atom is -0.322 e. The van der Waals surface area contributed by atoms with Crippen molar-refractivity contribution >= 4 is 52.1 Å². The SMILES string of the molecule is O=C(Nc1ccc(N(C(=O)c2ccc(Cl)cc2)c2ccccc2)cc1)c1ccc(Cl)cc1. The van der Waals surface area contributed by atoms with Crippen molar-refractivity contribution in [3.63, 3.8) is 0 Å². The molecule has 4 aromatic rings. The van der Waals surface area contributed by atoms with Crippen molar-refractivity contribution < 1.29 is 9.59 Å². The maximum absolute atomic E-state index is 13.3. The molecule has 0 aromatic heterocycles. The molecule has 32 heavy (non-hydrogen) atoms. The Hall–Kier alpha value is -3.60. The minimum atomic E-state index is -0.244. The molecule has 0 spiro atoms. The summed E-state index contributed by atoms with van der Waals surface area (Å²) in [5.41, 5.74) is 3.02. The Morgan fingerprint density at radius 1 is 0.594 bits per heavy atom. The van der Waals surface area contributed by atoms with Crippen molar-refractivity contribution in [2.45, 2.75) is 0 Å². The first-order chi connectivity index (χ1) is 15.5. The van der Waals surface area contributed by atoms with Crippen molar-refractivity contribution in [1.29, 1.82) is 0 Å². The molecule has 0 atom stereocenters. The van der Waals surface area contributed by atoms with Crippen LogP contribution in [0.1, 0.15) is 20.7 Å². The van der Waals surface area contributed by atoms with Gasteiger partial charge < -0.3 is 5.32 Å². The Labute approximate surface area is 196 Å². The highest BCUT2D eigenvalue weighted by Crippen LogP contribution is 2.29. The van der Waals surface area contributed by atoms with Crippen LogP contribution in [0.5, 0.6) is 0 Å². The van der Waals surface area contributed by atoms with E-state index in [0.29, 0.717) is 32.5 Å². The molecule has 4 nitrogen and oxygen atoms in total. The highest BCUT2D eigenvalue weighted by molar-refractivity contribution is 6.31. The van der Waals surface area contributed by atoms with Gasteiger partial charge in [-0.05, 0) is 84.9 Å². The topological polar surface area (TPSA) is 49.4 Å². The molecule has 4 aromatic carbocycles. The van der Waals surface area contributed by atoms with Gasteiger partial charge in [-0.3, -0.25) is 14.5 Å². The number of nitrogens with zero attached hydrogens (tertiary/aromatic N) is 1. The third-order valence-electron chi connectivity index (χ3n) is 4.80. The predicted molar refractivity (Wildman–Crippen MR) is 130 cm³/mol. The molecule has 158 valence electrons. The zero-order chi connectivity index (χ0) is 22.5. The van der Waals surface area contributed by atoms with E-state index in [1.165, 1.54) is 0 Å². The second kappa shape index (κ2) is 9.69. The van der Waals surface area contributed by atoms with Gasteiger partial charge in [0.15, 0.2) is 0 Å². The van der Waals surface area contributed by atoms with Gasteiger partial charge in [-0.1, -0.05) is 41.4 Å². The Balaban J connectivity index is 1.60. The summed E-state index contributed by atoms with van der Waals surface area (Å²) in [6.07, 6.45) is 0.